The van der Waals surface area contributed by atoms with Crippen molar-refractivity contribution in [2.45, 2.75) is 110 Å². The van der Waals surface area contributed by atoms with Gasteiger partial charge < -0.3 is 51.8 Å². The standard InChI is InChI=1S/C44H60BrF2N7O8.C2HF3O2/c1-26(2)38(52-36(56)22-45)42(60)50-27(3)40(58)51-34(43(61)62)14-10-11-18-49-41(59)33(48)17-19-54(37(57)25-55)39(44(4,5)6)35-20-29(31-21-30(46)15-16-32(31)47)24-53(35)23-28-12-8-7-9-13-28;3-2(4,5)1(6)7/h7-9,12-13,15-16,20-21,24,26-27,33-34,38-39,55H,10-11,14,17-19,22-23,25,48H2,1-6H3,(H,49,59)(H,50,60)(H,51,58)(H,52,56)(H,61,62);(H,6,7)/t27-,33-,34-,38-,39-;/m0./s1. The van der Waals surface area contributed by atoms with Crippen LogP contribution in [0, 0.1) is 23.0 Å². The average Bonchev–Trinajstić information content (AvgIpc) is 3.67. The van der Waals surface area contributed by atoms with Crippen LogP contribution in [0.1, 0.15) is 84.5 Å². The van der Waals surface area contributed by atoms with Gasteiger partial charge in [0.15, 0.2) is 0 Å². The molecule has 17 nitrogen and oxygen atoms in total. The van der Waals surface area contributed by atoms with E-state index < -0.39 is 102 Å². The van der Waals surface area contributed by atoms with E-state index in [1.807, 2.05) is 55.7 Å². The molecule has 0 saturated heterocycles. The van der Waals surface area contributed by atoms with Crippen LogP contribution in [0.2, 0.25) is 0 Å². The fourth-order valence-corrected chi connectivity index (χ4v) is 7.16. The zero-order valence-electron chi connectivity index (χ0n) is 39.0. The maximum Gasteiger partial charge on any atom is 0.490 e. The van der Waals surface area contributed by atoms with E-state index in [0.29, 0.717) is 24.2 Å². The summed E-state index contributed by atoms with van der Waals surface area (Å²) in [7, 11) is 0. The molecule has 382 valence electrons. The lowest BCUT2D eigenvalue weighted by atomic mass is 9.82. The van der Waals surface area contributed by atoms with Gasteiger partial charge in [0.2, 0.25) is 29.5 Å². The summed E-state index contributed by atoms with van der Waals surface area (Å²) < 4.78 is 63.0. The van der Waals surface area contributed by atoms with Crippen LogP contribution in [-0.4, -0.2) is 122 Å². The van der Waals surface area contributed by atoms with Gasteiger partial charge in [-0.15, -0.1) is 0 Å². The minimum atomic E-state index is -5.08. The first-order chi connectivity index (χ1) is 32.1. The van der Waals surface area contributed by atoms with Crippen molar-refractivity contribution in [3.8, 4) is 11.1 Å². The molecule has 3 aromatic rings. The van der Waals surface area contributed by atoms with E-state index in [-0.39, 0.29) is 49.2 Å². The molecule has 3 rings (SSSR count). The highest BCUT2D eigenvalue weighted by Gasteiger charge is 2.39. The monoisotopic (exact) mass is 1050 g/mol. The number of aromatic nitrogens is 1. The van der Waals surface area contributed by atoms with Gasteiger partial charge in [-0.2, -0.15) is 13.2 Å². The number of carboxylic acid groups (broad SMARTS) is 2. The maximum absolute atomic E-state index is 15.1. The number of unbranched alkanes of at least 4 members (excludes halogenated alkanes) is 1. The Hall–Kier alpha value is -5.94. The van der Waals surface area contributed by atoms with Crippen LogP contribution in [0.4, 0.5) is 22.0 Å². The topological polar surface area (TPSA) is 262 Å². The highest BCUT2D eigenvalue weighted by atomic mass is 79.9. The van der Waals surface area contributed by atoms with Gasteiger partial charge in [0.25, 0.3) is 0 Å². The van der Waals surface area contributed by atoms with Gasteiger partial charge in [-0.25, -0.2) is 18.4 Å². The number of halogens is 6. The molecule has 0 aliphatic rings. The lowest BCUT2D eigenvalue weighted by Gasteiger charge is -2.41. The van der Waals surface area contributed by atoms with Crippen molar-refractivity contribution in [1.82, 2.24) is 30.7 Å². The molecule has 23 heteroatoms. The Labute approximate surface area is 404 Å². The number of nitrogens with two attached hydrogens (primary N) is 1. The SMILES string of the molecule is CC(C)[C@H](NC(=O)CBr)C(=O)N[C@@H](C)C(=O)N[C@@H](CCCCNC(=O)[C@@H](N)CCN(C(=O)CO)[C@@H](c1cc(-c2cc(F)ccc2F)cn1Cc1ccccc1)C(C)(C)C)C(=O)O.O=C(O)C(F)(F)F. The number of amides is 5. The van der Waals surface area contributed by atoms with Crippen molar-refractivity contribution in [1.29, 1.82) is 0 Å². The number of carboxylic acids is 2. The van der Waals surface area contributed by atoms with E-state index in [4.69, 9.17) is 15.6 Å². The molecule has 0 aliphatic heterocycles. The first kappa shape index (κ1) is 59.2. The summed E-state index contributed by atoms with van der Waals surface area (Å²) in [5.41, 5.74) is 7.56. The van der Waals surface area contributed by atoms with Gasteiger partial charge in [-0.05, 0) is 73.8 Å². The third kappa shape index (κ3) is 19.2. The average molecular weight is 1050 g/mol. The Bertz CT molecular complexity index is 2220. The molecular weight excluding hydrogens is 985 g/mol. The maximum atomic E-state index is 15.1. The van der Waals surface area contributed by atoms with Crippen LogP contribution in [0.15, 0.2) is 60.8 Å². The van der Waals surface area contributed by atoms with Gasteiger partial charge >= 0.3 is 18.1 Å². The molecule has 0 unspecified atom stereocenters. The van der Waals surface area contributed by atoms with Crippen molar-refractivity contribution in [2.24, 2.45) is 17.1 Å². The van der Waals surface area contributed by atoms with Gasteiger partial charge in [0, 0.05) is 42.7 Å². The van der Waals surface area contributed by atoms with E-state index in [2.05, 4.69) is 37.2 Å². The summed E-state index contributed by atoms with van der Waals surface area (Å²) in [6.45, 7) is 10.1. The van der Waals surface area contributed by atoms with Crippen LogP contribution in [0.3, 0.4) is 0 Å². The van der Waals surface area contributed by atoms with Crippen LogP contribution >= 0.6 is 15.9 Å². The quantitative estimate of drug-likeness (QED) is 0.0369. The van der Waals surface area contributed by atoms with Crippen molar-refractivity contribution in [3.05, 3.63) is 83.7 Å². The fraction of sp³-hybridized carbons (Fsp3) is 0.500. The second-order valence-electron chi connectivity index (χ2n) is 17.4. The number of hydrogen-bond acceptors (Lipinski definition) is 9. The van der Waals surface area contributed by atoms with Gasteiger partial charge in [-0.3, -0.25) is 24.0 Å². The number of aliphatic hydroxyl groups is 1. The minimum absolute atomic E-state index is 0.00241. The summed E-state index contributed by atoms with van der Waals surface area (Å²) in [5.74, 6) is -8.45. The second-order valence-corrected chi connectivity index (χ2v) is 18.0. The lowest BCUT2D eigenvalue weighted by molar-refractivity contribution is -0.192. The Morgan fingerprint density at radius 2 is 1.46 bits per heavy atom. The molecule has 2 aromatic carbocycles. The Morgan fingerprint density at radius 1 is 0.841 bits per heavy atom. The molecule has 0 aliphatic carbocycles. The van der Waals surface area contributed by atoms with Gasteiger partial charge in [-0.1, -0.05) is 80.9 Å². The van der Waals surface area contributed by atoms with E-state index in [9.17, 15) is 56.5 Å². The van der Waals surface area contributed by atoms with E-state index in [1.54, 1.807) is 26.1 Å². The number of aliphatic hydroxyl groups excluding tert-OH is 1. The number of nitrogens with one attached hydrogen (secondary N) is 4. The van der Waals surface area contributed by atoms with Crippen LogP contribution in [0.5, 0.6) is 0 Å². The molecule has 9 N–H and O–H groups in total. The molecule has 1 aromatic heterocycles. The van der Waals surface area contributed by atoms with Crippen LogP contribution in [-0.2, 0) is 40.1 Å². The number of benzene rings is 2. The number of carbonyl (C=O) groups is 7. The number of hydrogen-bond donors (Lipinski definition) is 8. The number of carbonyl (C=O) groups excluding carboxylic acids is 5. The molecule has 0 spiro atoms. The molecule has 1 heterocycles. The molecule has 0 radical (unpaired) electrons. The van der Waals surface area contributed by atoms with E-state index in [1.165, 1.54) is 11.8 Å². The Morgan fingerprint density at radius 3 is 2.00 bits per heavy atom. The molecule has 0 fully saturated rings. The van der Waals surface area contributed by atoms with Crippen molar-refractivity contribution < 1.29 is 70.8 Å². The summed E-state index contributed by atoms with van der Waals surface area (Å²) >= 11 is 3.03. The molecule has 0 bridgehead atoms. The van der Waals surface area contributed by atoms with Gasteiger partial charge in [0.05, 0.1) is 17.4 Å². The summed E-state index contributed by atoms with van der Waals surface area (Å²) in [5, 5.41) is 37.2. The summed E-state index contributed by atoms with van der Waals surface area (Å²) in [6, 6.07) is 9.26. The molecule has 5 amide bonds. The number of rotatable bonds is 23. The number of nitrogens with zero attached hydrogens (tertiary/aromatic N) is 2. The van der Waals surface area contributed by atoms with Crippen molar-refractivity contribution in [2.75, 3.05) is 25.0 Å². The van der Waals surface area contributed by atoms with Crippen molar-refractivity contribution >= 4 is 57.4 Å². The van der Waals surface area contributed by atoms with Gasteiger partial charge in [0.1, 0.15) is 36.4 Å². The largest absolute Gasteiger partial charge is 0.490 e. The molecular formula is C46H61BrF5N7O10. The fourth-order valence-electron chi connectivity index (χ4n) is 7.00. The molecule has 69 heavy (non-hydrogen) atoms. The first-order valence-corrected chi connectivity index (χ1v) is 22.9. The molecule has 5 atom stereocenters. The first-order valence-electron chi connectivity index (χ1n) is 21.7. The molecule has 0 saturated carbocycles. The highest BCUT2D eigenvalue weighted by Crippen LogP contribution is 2.41. The Kier molecular flexibility index (Phi) is 23.4. The zero-order chi connectivity index (χ0) is 52.4. The minimum Gasteiger partial charge on any atom is -0.480 e. The van der Waals surface area contributed by atoms with Crippen LogP contribution in [0.25, 0.3) is 11.1 Å². The number of alkyl halides is 4. The summed E-state index contributed by atoms with van der Waals surface area (Å²) in [6.07, 6.45) is -2.74. The smallest absolute Gasteiger partial charge is 0.480 e. The van der Waals surface area contributed by atoms with E-state index in [0.717, 1.165) is 23.8 Å². The van der Waals surface area contributed by atoms with Crippen LogP contribution < -0.4 is 27.0 Å². The second kappa shape index (κ2) is 27.3. The normalized spacial score (nSPS) is 13.7. The predicted octanol–water partition coefficient (Wildman–Crippen LogP) is 4.64. The number of aliphatic carboxylic acids is 2. The van der Waals surface area contributed by atoms with Crippen molar-refractivity contribution in [3.63, 3.8) is 0 Å². The van der Waals surface area contributed by atoms with E-state index >= 15 is 4.39 Å². The highest BCUT2D eigenvalue weighted by molar-refractivity contribution is 9.09. The zero-order valence-corrected chi connectivity index (χ0v) is 40.6. The summed E-state index contributed by atoms with van der Waals surface area (Å²) in [4.78, 5) is 86.4. The third-order valence-electron chi connectivity index (χ3n) is 10.5. The predicted molar refractivity (Wildman–Crippen MR) is 247 cm³/mol. The Balaban J connectivity index is 0.00000216. The third-order valence-corrected chi connectivity index (χ3v) is 11.0. The lowest BCUT2D eigenvalue weighted by Crippen LogP contribution is -2.56.